The van der Waals surface area contributed by atoms with Crippen LogP contribution in [0.5, 0.6) is 0 Å². The van der Waals surface area contributed by atoms with Gasteiger partial charge in [0.25, 0.3) is 0 Å². The number of alkyl halides is 1. The SMILES string of the molecule is Fc1cc(F)cc(CC(CBr)c2ccccc2Cl)c1. The smallest absolute Gasteiger partial charge is 0.126 e. The number of rotatable bonds is 4. The Kier molecular flexibility index (Phi) is 4.94. The van der Waals surface area contributed by atoms with E-state index in [1.807, 2.05) is 24.3 Å². The van der Waals surface area contributed by atoms with E-state index >= 15 is 0 Å². The summed E-state index contributed by atoms with van der Waals surface area (Å²) in [7, 11) is 0. The molecule has 2 rings (SSSR count). The predicted octanol–water partition coefficient (Wildman–Crippen LogP) is 5.34. The van der Waals surface area contributed by atoms with E-state index in [2.05, 4.69) is 15.9 Å². The first-order valence-corrected chi connectivity index (χ1v) is 7.35. The van der Waals surface area contributed by atoms with E-state index in [-0.39, 0.29) is 5.92 Å². The molecule has 0 heterocycles. The van der Waals surface area contributed by atoms with E-state index in [1.54, 1.807) is 0 Å². The molecule has 0 aliphatic carbocycles. The van der Waals surface area contributed by atoms with Crippen LogP contribution < -0.4 is 0 Å². The summed E-state index contributed by atoms with van der Waals surface area (Å²) < 4.78 is 26.4. The molecule has 2 aromatic rings. The van der Waals surface area contributed by atoms with Crippen LogP contribution in [0.2, 0.25) is 5.02 Å². The van der Waals surface area contributed by atoms with Gasteiger partial charge in [-0.25, -0.2) is 8.78 Å². The minimum Gasteiger partial charge on any atom is -0.207 e. The van der Waals surface area contributed by atoms with Gasteiger partial charge in [-0.3, -0.25) is 0 Å². The van der Waals surface area contributed by atoms with Crippen LogP contribution in [0, 0.1) is 11.6 Å². The molecule has 1 unspecified atom stereocenters. The fourth-order valence-corrected chi connectivity index (χ4v) is 2.93. The lowest BCUT2D eigenvalue weighted by molar-refractivity contribution is 0.577. The molecule has 0 radical (unpaired) electrons. The first kappa shape index (κ1) is 14.5. The Morgan fingerprint density at radius 2 is 1.68 bits per heavy atom. The van der Waals surface area contributed by atoms with E-state index < -0.39 is 11.6 Å². The third-order valence-electron chi connectivity index (χ3n) is 2.94. The highest BCUT2D eigenvalue weighted by atomic mass is 79.9. The Balaban J connectivity index is 2.26. The zero-order valence-corrected chi connectivity index (χ0v) is 12.4. The van der Waals surface area contributed by atoms with Crippen LogP contribution in [0.25, 0.3) is 0 Å². The van der Waals surface area contributed by atoms with Gasteiger partial charge in [-0.15, -0.1) is 0 Å². The summed E-state index contributed by atoms with van der Waals surface area (Å²) in [6, 6.07) is 11.1. The summed E-state index contributed by atoms with van der Waals surface area (Å²) in [6.07, 6.45) is 0.531. The third kappa shape index (κ3) is 3.77. The summed E-state index contributed by atoms with van der Waals surface area (Å²) in [5.41, 5.74) is 1.60. The zero-order valence-electron chi connectivity index (χ0n) is 10.0. The number of hydrogen-bond donors (Lipinski definition) is 0. The van der Waals surface area contributed by atoms with Gasteiger partial charge in [0.05, 0.1) is 0 Å². The molecule has 19 heavy (non-hydrogen) atoms. The molecule has 1 atom stereocenters. The summed E-state index contributed by atoms with van der Waals surface area (Å²) in [5, 5.41) is 1.35. The quantitative estimate of drug-likeness (QED) is 0.656. The molecule has 0 saturated carbocycles. The molecule has 0 aromatic heterocycles. The van der Waals surface area contributed by atoms with Crippen molar-refractivity contribution in [2.45, 2.75) is 12.3 Å². The molecule has 0 amide bonds. The van der Waals surface area contributed by atoms with E-state index in [1.165, 1.54) is 12.1 Å². The first-order valence-electron chi connectivity index (χ1n) is 5.85. The first-order chi connectivity index (χ1) is 9.10. The molecule has 0 aliphatic heterocycles. The monoisotopic (exact) mass is 344 g/mol. The van der Waals surface area contributed by atoms with E-state index in [0.29, 0.717) is 22.3 Å². The van der Waals surface area contributed by atoms with Crippen LogP contribution in [-0.4, -0.2) is 5.33 Å². The highest BCUT2D eigenvalue weighted by Crippen LogP contribution is 2.29. The molecule has 4 heteroatoms. The second kappa shape index (κ2) is 6.49. The summed E-state index contributed by atoms with van der Waals surface area (Å²) in [6.45, 7) is 0. The number of hydrogen-bond acceptors (Lipinski definition) is 0. The Hall–Kier alpha value is -0.930. The van der Waals surface area contributed by atoms with Crippen molar-refractivity contribution in [3.63, 3.8) is 0 Å². The van der Waals surface area contributed by atoms with Gasteiger partial charge in [-0.1, -0.05) is 45.7 Å². The van der Waals surface area contributed by atoms with Gasteiger partial charge in [0.2, 0.25) is 0 Å². The standard InChI is InChI=1S/C15H12BrClF2/c16-9-11(14-3-1-2-4-15(14)17)5-10-6-12(18)8-13(19)7-10/h1-4,6-8,11H,5,9H2. The summed E-state index contributed by atoms with van der Waals surface area (Å²) >= 11 is 9.59. The van der Waals surface area contributed by atoms with Crippen molar-refractivity contribution in [1.82, 2.24) is 0 Å². The van der Waals surface area contributed by atoms with Crippen molar-refractivity contribution in [2.75, 3.05) is 5.33 Å². The predicted molar refractivity (Wildman–Crippen MR) is 78.0 cm³/mol. The molecule has 2 aromatic carbocycles. The van der Waals surface area contributed by atoms with Gasteiger partial charge in [0.15, 0.2) is 0 Å². The molecule has 0 aliphatic rings. The average molecular weight is 346 g/mol. The van der Waals surface area contributed by atoms with E-state index in [9.17, 15) is 8.78 Å². The van der Waals surface area contributed by atoms with Crippen LogP contribution in [-0.2, 0) is 6.42 Å². The van der Waals surface area contributed by atoms with Crippen molar-refractivity contribution in [3.8, 4) is 0 Å². The van der Waals surface area contributed by atoms with Gasteiger partial charge < -0.3 is 0 Å². The van der Waals surface area contributed by atoms with Gasteiger partial charge in [0, 0.05) is 16.4 Å². The molecule has 0 fully saturated rings. The Morgan fingerprint density at radius 3 is 2.26 bits per heavy atom. The lowest BCUT2D eigenvalue weighted by Gasteiger charge is -2.16. The van der Waals surface area contributed by atoms with Crippen LogP contribution in [0.1, 0.15) is 17.0 Å². The maximum atomic E-state index is 13.2. The second-order valence-electron chi connectivity index (χ2n) is 4.35. The van der Waals surface area contributed by atoms with Crippen molar-refractivity contribution in [3.05, 3.63) is 70.2 Å². The van der Waals surface area contributed by atoms with Crippen molar-refractivity contribution < 1.29 is 8.78 Å². The molecular weight excluding hydrogens is 334 g/mol. The lowest BCUT2D eigenvalue weighted by atomic mass is 9.93. The minimum absolute atomic E-state index is 0.0786. The largest absolute Gasteiger partial charge is 0.207 e. The average Bonchev–Trinajstić information content (AvgIpc) is 2.36. The Labute approximate surface area is 124 Å². The van der Waals surface area contributed by atoms with E-state index in [0.717, 1.165) is 11.6 Å². The van der Waals surface area contributed by atoms with Crippen LogP contribution in [0.4, 0.5) is 8.78 Å². The molecule has 0 bridgehead atoms. The highest BCUT2D eigenvalue weighted by molar-refractivity contribution is 9.09. The highest BCUT2D eigenvalue weighted by Gasteiger charge is 2.15. The minimum atomic E-state index is -0.553. The van der Waals surface area contributed by atoms with Gasteiger partial charge in [0.1, 0.15) is 11.6 Å². The van der Waals surface area contributed by atoms with Crippen LogP contribution in [0.3, 0.4) is 0 Å². The van der Waals surface area contributed by atoms with Gasteiger partial charge in [-0.05, 0) is 41.7 Å². The molecule has 0 spiro atoms. The topological polar surface area (TPSA) is 0 Å². The Bertz CT molecular complexity index is 552. The van der Waals surface area contributed by atoms with Gasteiger partial charge >= 0.3 is 0 Å². The fraction of sp³-hybridized carbons (Fsp3) is 0.200. The maximum absolute atomic E-state index is 13.2. The van der Waals surface area contributed by atoms with Crippen molar-refractivity contribution in [1.29, 1.82) is 0 Å². The molecule has 0 nitrogen and oxygen atoms in total. The molecular formula is C15H12BrClF2. The molecule has 100 valence electrons. The van der Waals surface area contributed by atoms with Crippen LogP contribution in [0.15, 0.2) is 42.5 Å². The number of halogens is 4. The molecule has 0 saturated heterocycles. The fourth-order valence-electron chi connectivity index (χ4n) is 2.07. The lowest BCUT2D eigenvalue weighted by Crippen LogP contribution is -2.06. The van der Waals surface area contributed by atoms with Crippen molar-refractivity contribution >= 4 is 27.5 Å². The van der Waals surface area contributed by atoms with E-state index in [4.69, 9.17) is 11.6 Å². The maximum Gasteiger partial charge on any atom is 0.126 e. The van der Waals surface area contributed by atoms with Crippen LogP contribution >= 0.6 is 27.5 Å². The second-order valence-corrected chi connectivity index (χ2v) is 5.41. The Morgan fingerprint density at radius 1 is 1.05 bits per heavy atom. The summed E-state index contributed by atoms with van der Waals surface area (Å²) in [5.74, 6) is -1.03. The zero-order chi connectivity index (χ0) is 13.8. The third-order valence-corrected chi connectivity index (χ3v) is 4.06. The summed E-state index contributed by atoms with van der Waals surface area (Å²) in [4.78, 5) is 0. The number of benzene rings is 2. The normalized spacial score (nSPS) is 12.4. The van der Waals surface area contributed by atoms with Crippen molar-refractivity contribution in [2.24, 2.45) is 0 Å². The molecule has 0 N–H and O–H groups in total. The van der Waals surface area contributed by atoms with Gasteiger partial charge in [-0.2, -0.15) is 0 Å².